The van der Waals surface area contributed by atoms with Crippen LogP contribution in [-0.2, 0) is 0 Å². The molecule has 0 bridgehead atoms. The highest BCUT2D eigenvalue weighted by molar-refractivity contribution is 6.02. The number of nitrogens with one attached hydrogen (secondary N) is 2. The van der Waals surface area contributed by atoms with Crippen molar-refractivity contribution in [2.45, 2.75) is 18.9 Å². The van der Waals surface area contributed by atoms with Crippen molar-refractivity contribution in [3.63, 3.8) is 0 Å². The molecule has 5 nitrogen and oxygen atoms in total. The van der Waals surface area contributed by atoms with E-state index in [4.69, 9.17) is 0 Å². The van der Waals surface area contributed by atoms with Gasteiger partial charge in [-0.2, -0.15) is 0 Å². The van der Waals surface area contributed by atoms with Gasteiger partial charge in [0.05, 0.1) is 5.69 Å². The van der Waals surface area contributed by atoms with Crippen molar-refractivity contribution in [2.24, 2.45) is 0 Å². The van der Waals surface area contributed by atoms with Gasteiger partial charge in [0, 0.05) is 6.04 Å². The van der Waals surface area contributed by atoms with Crippen LogP contribution < -0.4 is 10.6 Å². The van der Waals surface area contributed by atoms with Crippen LogP contribution in [0.2, 0.25) is 0 Å². The van der Waals surface area contributed by atoms with Gasteiger partial charge in [-0.25, -0.2) is 4.39 Å². The number of hydrogen-bond donors (Lipinski definition) is 2. The molecule has 0 atom stereocenters. The van der Waals surface area contributed by atoms with E-state index in [0.717, 1.165) is 12.8 Å². The second-order valence-corrected chi connectivity index (χ2v) is 4.66. The van der Waals surface area contributed by atoms with E-state index in [1.54, 1.807) is 24.3 Å². The van der Waals surface area contributed by atoms with E-state index < -0.39 is 11.7 Å². The van der Waals surface area contributed by atoms with E-state index in [1.807, 2.05) is 0 Å². The van der Waals surface area contributed by atoms with Gasteiger partial charge < -0.3 is 10.6 Å². The molecule has 0 spiro atoms. The molecular formula is C14H13FN4O. The Kier molecular flexibility index (Phi) is 3.28. The average Bonchev–Trinajstić information content (AvgIpc) is 3.26. The fourth-order valence-electron chi connectivity index (χ4n) is 1.72. The summed E-state index contributed by atoms with van der Waals surface area (Å²) in [4.78, 5) is 11.9. The van der Waals surface area contributed by atoms with Gasteiger partial charge in [0.1, 0.15) is 11.6 Å². The van der Waals surface area contributed by atoms with Gasteiger partial charge in [-0.15, -0.1) is 10.2 Å². The maximum absolute atomic E-state index is 13.4. The third kappa shape index (κ3) is 2.90. The summed E-state index contributed by atoms with van der Waals surface area (Å²) in [6.45, 7) is 0. The Morgan fingerprint density at radius 2 is 1.95 bits per heavy atom. The lowest BCUT2D eigenvalue weighted by Crippen LogP contribution is -2.15. The lowest BCUT2D eigenvalue weighted by Gasteiger charge is -2.06. The third-order valence-corrected chi connectivity index (χ3v) is 2.95. The number of nitrogens with zero attached hydrogens (tertiary/aromatic N) is 2. The van der Waals surface area contributed by atoms with Crippen LogP contribution in [0.1, 0.15) is 23.3 Å². The zero-order valence-corrected chi connectivity index (χ0v) is 10.6. The van der Waals surface area contributed by atoms with Crippen LogP contribution in [0.4, 0.5) is 15.9 Å². The molecule has 20 heavy (non-hydrogen) atoms. The lowest BCUT2D eigenvalue weighted by molar-refractivity contribution is 0.102. The van der Waals surface area contributed by atoms with E-state index in [1.165, 1.54) is 12.1 Å². The molecule has 1 fully saturated rings. The van der Waals surface area contributed by atoms with Crippen molar-refractivity contribution in [3.8, 4) is 0 Å². The topological polar surface area (TPSA) is 66.9 Å². The first-order chi connectivity index (χ1) is 9.72. The van der Waals surface area contributed by atoms with Gasteiger partial charge in [0.2, 0.25) is 0 Å². The Morgan fingerprint density at radius 3 is 2.60 bits per heavy atom. The minimum atomic E-state index is -0.486. The minimum Gasteiger partial charge on any atom is -0.366 e. The maximum Gasteiger partial charge on any atom is 0.276 e. The first-order valence-electron chi connectivity index (χ1n) is 6.38. The molecule has 1 heterocycles. The van der Waals surface area contributed by atoms with Crippen LogP contribution in [0.3, 0.4) is 0 Å². The number of para-hydroxylation sites is 1. The highest BCUT2D eigenvalue weighted by Crippen LogP contribution is 2.23. The molecule has 0 aliphatic heterocycles. The molecule has 1 aliphatic rings. The molecule has 102 valence electrons. The van der Waals surface area contributed by atoms with Crippen LogP contribution in [0.5, 0.6) is 0 Å². The number of carbonyl (C=O) groups excluding carboxylic acids is 1. The molecule has 1 saturated carbocycles. The lowest BCUT2D eigenvalue weighted by atomic mass is 10.3. The van der Waals surface area contributed by atoms with Gasteiger partial charge in [-0.05, 0) is 37.1 Å². The second kappa shape index (κ2) is 5.24. The van der Waals surface area contributed by atoms with Crippen LogP contribution in [-0.4, -0.2) is 22.1 Å². The summed E-state index contributed by atoms with van der Waals surface area (Å²) >= 11 is 0. The predicted octanol–water partition coefficient (Wildman–Crippen LogP) is 2.44. The quantitative estimate of drug-likeness (QED) is 0.897. The smallest absolute Gasteiger partial charge is 0.276 e. The fourth-order valence-corrected chi connectivity index (χ4v) is 1.72. The van der Waals surface area contributed by atoms with Crippen molar-refractivity contribution >= 4 is 17.4 Å². The minimum absolute atomic E-state index is 0.125. The van der Waals surface area contributed by atoms with Crippen LogP contribution in [0, 0.1) is 5.82 Å². The fraction of sp³-hybridized carbons (Fsp3) is 0.214. The number of anilines is 2. The summed E-state index contributed by atoms with van der Waals surface area (Å²) in [6, 6.07) is 9.71. The van der Waals surface area contributed by atoms with Crippen molar-refractivity contribution in [1.82, 2.24) is 10.2 Å². The number of carbonyl (C=O) groups is 1. The zero-order chi connectivity index (χ0) is 13.9. The van der Waals surface area contributed by atoms with E-state index in [-0.39, 0.29) is 11.4 Å². The Balaban J connectivity index is 1.68. The van der Waals surface area contributed by atoms with Gasteiger partial charge in [-0.3, -0.25) is 4.79 Å². The first-order valence-corrected chi connectivity index (χ1v) is 6.38. The summed E-state index contributed by atoms with van der Waals surface area (Å²) in [6.07, 6.45) is 2.27. The summed E-state index contributed by atoms with van der Waals surface area (Å²) in [5.41, 5.74) is 0.272. The number of amides is 1. The largest absolute Gasteiger partial charge is 0.366 e. The number of halogens is 1. The van der Waals surface area contributed by atoms with Gasteiger partial charge in [0.15, 0.2) is 5.69 Å². The van der Waals surface area contributed by atoms with Crippen LogP contribution >= 0.6 is 0 Å². The van der Waals surface area contributed by atoms with Crippen LogP contribution in [0.15, 0.2) is 36.4 Å². The third-order valence-electron chi connectivity index (χ3n) is 2.95. The number of benzene rings is 1. The molecule has 3 rings (SSSR count). The summed E-state index contributed by atoms with van der Waals surface area (Å²) in [5, 5.41) is 13.4. The highest BCUT2D eigenvalue weighted by Gasteiger charge is 2.21. The molecule has 0 unspecified atom stereocenters. The monoisotopic (exact) mass is 272 g/mol. The van der Waals surface area contributed by atoms with Gasteiger partial charge in [-0.1, -0.05) is 12.1 Å². The number of rotatable bonds is 4. The Bertz CT molecular complexity index is 625. The van der Waals surface area contributed by atoms with Crippen molar-refractivity contribution in [2.75, 3.05) is 10.6 Å². The standard InChI is InChI=1S/C14H13FN4O/c15-10-3-1-2-4-11(10)17-14(20)12-7-8-13(19-18-12)16-9-5-6-9/h1-4,7-9H,5-6H2,(H,16,19)(H,17,20). The van der Waals surface area contributed by atoms with Gasteiger partial charge >= 0.3 is 0 Å². The maximum atomic E-state index is 13.4. The Morgan fingerprint density at radius 1 is 1.15 bits per heavy atom. The summed E-state index contributed by atoms with van der Waals surface area (Å²) in [7, 11) is 0. The normalized spacial score (nSPS) is 13.8. The average molecular weight is 272 g/mol. The van der Waals surface area contributed by atoms with E-state index >= 15 is 0 Å². The van der Waals surface area contributed by atoms with E-state index in [2.05, 4.69) is 20.8 Å². The summed E-state index contributed by atoms with van der Waals surface area (Å²) < 4.78 is 13.4. The summed E-state index contributed by atoms with van der Waals surface area (Å²) in [5.74, 6) is -0.323. The Hall–Kier alpha value is -2.50. The molecule has 2 N–H and O–H groups in total. The van der Waals surface area contributed by atoms with Crippen molar-refractivity contribution in [1.29, 1.82) is 0 Å². The molecule has 1 amide bonds. The molecule has 0 radical (unpaired) electrons. The SMILES string of the molecule is O=C(Nc1ccccc1F)c1ccc(NC2CC2)nn1. The zero-order valence-electron chi connectivity index (χ0n) is 10.6. The van der Waals surface area contributed by atoms with Crippen molar-refractivity contribution < 1.29 is 9.18 Å². The van der Waals surface area contributed by atoms with Crippen molar-refractivity contribution in [3.05, 3.63) is 47.9 Å². The predicted molar refractivity (Wildman–Crippen MR) is 73.0 cm³/mol. The molecule has 1 aromatic heterocycles. The molecular weight excluding hydrogens is 259 g/mol. The van der Waals surface area contributed by atoms with Crippen LogP contribution in [0.25, 0.3) is 0 Å². The molecule has 1 aliphatic carbocycles. The molecule has 2 aromatic rings. The first kappa shape index (κ1) is 12.5. The Labute approximate surface area is 115 Å². The molecule has 1 aromatic carbocycles. The molecule has 0 saturated heterocycles. The molecule has 6 heteroatoms. The highest BCUT2D eigenvalue weighted by atomic mass is 19.1. The van der Waals surface area contributed by atoms with Gasteiger partial charge in [0.25, 0.3) is 5.91 Å². The number of hydrogen-bond acceptors (Lipinski definition) is 4. The number of aromatic nitrogens is 2. The van der Waals surface area contributed by atoms with E-state index in [9.17, 15) is 9.18 Å². The second-order valence-electron chi connectivity index (χ2n) is 4.66. The van der Waals surface area contributed by atoms with E-state index in [0.29, 0.717) is 11.9 Å².